The van der Waals surface area contributed by atoms with Crippen LogP contribution >= 0.6 is 22.7 Å². The number of hydrogen-bond acceptors (Lipinski definition) is 8. The molecule has 28 heavy (non-hydrogen) atoms. The van der Waals surface area contributed by atoms with E-state index in [4.69, 9.17) is 0 Å². The predicted octanol–water partition coefficient (Wildman–Crippen LogP) is 0.960. The van der Waals surface area contributed by atoms with Crippen molar-refractivity contribution >= 4 is 45.9 Å². The Kier molecular flexibility index (Phi) is 5.61. The van der Waals surface area contributed by atoms with Crippen LogP contribution < -0.4 is 20.4 Å². The molecule has 0 aliphatic heterocycles. The maximum absolute atomic E-state index is 12.2. The van der Waals surface area contributed by atoms with Gasteiger partial charge in [-0.2, -0.15) is 0 Å². The summed E-state index contributed by atoms with van der Waals surface area (Å²) < 4.78 is 0. The molecule has 0 radical (unpaired) electrons. The number of benzene rings is 1. The predicted molar refractivity (Wildman–Crippen MR) is 104 cm³/mol. The van der Waals surface area contributed by atoms with Crippen LogP contribution in [0.1, 0.15) is 9.75 Å². The lowest BCUT2D eigenvalue weighted by Crippen LogP contribution is -2.18. The molecule has 0 aliphatic carbocycles. The van der Waals surface area contributed by atoms with E-state index in [0.29, 0.717) is 11.4 Å². The number of aromatic amines is 2. The molecule has 2 heterocycles. The number of amides is 2. The first-order valence-corrected chi connectivity index (χ1v) is 9.45. The summed E-state index contributed by atoms with van der Waals surface area (Å²) in [5.41, 5.74) is 0.629. The van der Waals surface area contributed by atoms with Crippen LogP contribution in [0.5, 0.6) is 11.8 Å². The van der Waals surface area contributed by atoms with Gasteiger partial charge >= 0.3 is 9.75 Å². The first kappa shape index (κ1) is 19.4. The third kappa shape index (κ3) is 4.66. The molecule has 10 nitrogen and oxygen atoms in total. The Morgan fingerprint density at radius 2 is 1.21 bits per heavy atom. The second kappa shape index (κ2) is 8.10. The van der Waals surface area contributed by atoms with E-state index in [1.165, 1.54) is 0 Å². The number of para-hydroxylation sites is 2. The number of rotatable bonds is 6. The lowest BCUT2D eigenvalue weighted by atomic mass is 10.2. The van der Waals surface area contributed by atoms with Crippen LogP contribution in [0.3, 0.4) is 0 Å². The van der Waals surface area contributed by atoms with Crippen molar-refractivity contribution in [1.29, 1.82) is 0 Å². The molecule has 2 aromatic heterocycles. The molecule has 0 spiro atoms. The van der Waals surface area contributed by atoms with Gasteiger partial charge in [-0.25, -0.2) is 0 Å². The van der Waals surface area contributed by atoms with E-state index in [2.05, 4.69) is 20.6 Å². The smallest absolute Gasteiger partial charge is 0.307 e. The SMILES string of the molecule is O=C(Cc1sc(=O)[nH]c1O)Nc1ccccc1NC(=O)Cc1sc(=O)[nH]c1O. The lowest BCUT2D eigenvalue weighted by molar-refractivity contribution is -0.116. The van der Waals surface area contributed by atoms with Gasteiger partial charge < -0.3 is 20.8 Å². The van der Waals surface area contributed by atoms with Gasteiger partial charge in [0.1, 0.15) is 0 Å². The summed E-state index contributed by atoms with van der Waals surface area (Å²) >= 11 is 1.46. The molecule has 146 valence electrons. The van der Waals surface area contributed by atoms with Crippen molar-refractivity contribution in [2.24, 2.45) is 0 Å². The molecule has 6 N–H and O–H groups in total. The third-order valence-corrected chi connectivity index (χ3v) is 5.26. The fourth-order valence-electron chi connectivity index (χ4n) is 2.33. The zero-order valence-corrected chi connectivity index (χ0v) is 15.7. The van der Waals surface area contributed by atoms with E-state index in [1.807, 2.05) is 0 Å². The molecule has 12 heteroatoms. The van der Waals surface area contributed by atoms with Crippen LogP contribution in [0.4, 0.5) is 11.4 Å². The van der Waals surface area contributed by atoms with Crippen LogP contribution in [-0.2, 0) is 22.4 Å². The van der Waals surface area contributed by atoms with Gasteiger partial charge in [-0.3, -0.25) is 29.1 Å². The molecule has 3 aromatic rings. The largest absolute Gasteiger partial charge is 0.494 e. The maximum atomic E-state index is 12.2. The van der Waals surface area contributed by atoms with Crippen LogP contribution in [-0.4, -0.2) is 32.0 Å². The van der Waals surface area contributed by atoms with Gasteiger partial charge in [0.15, 0.2) is 0 Å². The second-order valence-corrected chi connectivity index (χ2v) is 7.70. The average molecular weight is 422 g/mol. The third-order valence-electron chi connectivity index (χ3n) is 3.52. The molecule has 0 fully saturated rings. The number of thiazole rings is 2. The summed E-state index contributed by atoms with van der Waals surface area (Å²) in [7, 11) is 0. The number of carbonyl (C=O) groups excluding carboxylic acids is 2. The summed E-state index contributed by atoms with van der Waals surface area (Å²) in [5.74, 6) is -1.68. The van der Waals surface area contributed by atoms with Gasteiger partial charge in [0.2, 0.25) is 23.6 Å². The van der Waals surface area contributed by atoms with Crippen LogP contribution in [0.2, 0.25) is 0 Å². The Hall–Kier alpha value is -3.38. The molecule has 0 unspecified atom stereocenters. The molecule has 0 saturated carbocycles. The highest BCUT2D eigenvalue weighted by Gasteiger charge is 2.16. The highest BCUT2D eigenvalue weighted by Crippen LogP contribution is 2.24. The number of anilines is 2. The van der Waals surface area contributed by atoms with E-state index >= 15 is 0 Å². The van der Waals surface area contributed by atoms with Crippen molar-refractivity contribution < 1.29 is 19.8 Å². The van der Waals surface area contributed by atoms with E-state index in [-0.39, 0.29) is 34.4 Å². The maximum Gasteiger partial charge on any atom is 0.307 e. The van der Waals surface area contributed by atoms with Gasteiger partial charge in [-0.15, -0.1) is 0 Å². The Balaban J connectivity index is 1.68. The zero-order valence-electron chi connectivity index (χ0n) is 14.1. The Morgan fingerprint density at radius 1 is 0.821 bits per heavy atom. The molecular formula is C16H14N4O6S2. The minimum Gasteiger partial charge on any atom is -0.494 e. The van der Waals surface area contributed by atoms with Crippen LogP contribution in [0.15, 0.2) is 33.9 Å². The molecule has 0 saturated heterocycles. The Labute approximate surface area is 164 Å². The van der Waals surface area contributed by atoms with Crippen LogP contribution in [0.25, 0.3) is 0 Å². The quantitative estimate of drug-likeness (QED) is 0.346. The van der Waals surface area contributed by atoms with Crippen molar-refractivity contribution in [1.82, 2.24) is 9.97 Å². The van der Waals surface area contributed by atoms with Crippen molar-refractivity contribution in [3.63, 3.8) is 0 Å². The number of aromatic hydroxyl groups is 2. The summed E-state index contributed by atoms with van der Waals surface area (Å²) in [6, 6.07) is 6.44. The average Bonchev–Trinajstić information content (AvgIpc) is 3.09. The summed E-state index contributed by atoms with van der Waals surface area (Å²) in [6.45, 7) is 0. The minimum atomic E-state index is -0.492. The monoisotopic (exact) mass is 422 g/mol. The van der Waals surface area contributed by atoms with Gasteiger partial charge in [0.05, 0.1) is 34.0 Å². The van der Waals surface area contributed by atoms with E-state index in [9.17, 15) is 29.4 Å². The summed E-state index contributed by atoms with van der Waals surface area (Å²) in [4.78, 5) is 50.6. The van der Waals surface area contributed by atoms with Crippen molar-refractivity contribution in [2.75, 3.05) is 10.6 Å². The molecule has 0 atom stereocenters. The highest BCUT2D eigenvalue weighted by molar-refractivity contribution is 7.09. The fraction of sp³-hybridized carbons (Fsp3) is 0.125. The van der Waals surface area contributed by atoms with Gasteiger partial charge in [0.25, 0.3) is 0 Å². The molecular weight excluding hydrogens is 408 g/mol. The normalized spacial score (nSPS) is 10.6. The molecule has 0 bridgehead atoms. The first-order chi connectivity index (χ1) is 13.3. The summed E-state index contributed by atoms with van der Waals surface area (Å²) in [6.07, 6.45) is -0.439. The van der Waals surface area contributed by atoms with Gasteiger partial charge in [0, 0.05) is 0 Å². The second-order valence-electron chi connectivity index (χ2n) is 5.57. The number of carbonyl (C=O) groups is 2. The lowest BCUT2D eigenvalue weighted by Gasteiger charge is -2.12. The number of hydrogen-bond donors (Lipinski definition) is 6. The Morgan fingerprint density at radius 3 is 1.54 bits per heavy atom. The number of nitrogens with one attached hydrogen (secondary N) is 4. The van der Waals surface area contributed by atoms with Crippen LogP contribution in [0, 0.1) is 0 Å². The standard InChI is InChI=1S/C16H14N4O6S2/c21-11(5-9-13(23)19-15(25)27-9)17-7-3-1-2-4-8(7)18-12(22)6-10-14(24)20-16(26)28-10/h1-4,23-24H,5-6H2,(H,17,21)(H,18,22)(H,19,25)(H,20,26). The minimum absolute atomic E-state index is 0.196. The molecule has 0 aliphatic rings. The van der Waals surface area contributed by atoms with Crippen molar-refractivity contribution in [3.8, 4) is 11.8 Å². The van der Waals surface area contributed by atoms with Crippen molar-refractivity contribution in [2.45, 2.75) is 12.8 Å². The molecule has 1 aromatic carbocycles. The number of H-pyrrole nitrogens is 2. The highest BCUT2D eigenvalue weighted by atomic mass is 32.1. The fourth-order valence-corrected chi connectivity index (χ4v) is 3.77. The van der Waals surface area contributed by atoms with Crippen molar-refractivity contribution in [3.05, 3.63) is 53.4 Å². The molecule has 2 amide bonds. The van der Waals surface area contributed by atoms with E-state index in [0.717, 1.165) is 22.7 Å². The molecule has 3 rings (SSSR count). The first-order valence-electron chi connectivity index (χ1n) is 7.82. The number of aromatic nitrogens is 2. The van der Waals surface area contributed by atoms with E-state index < -0.39 is 21.6 Å². The summed E-state index contributed by atoms with van der Waals surface area (Å²) in [5, 5.41) is 24.3. The van der Waals surface area contributed by atoms with Gasteiger partial charge in [-0.1, -0.05) is 34.8 Å². The topological polar surface area (TPSA) is 164 Å². The Bertz CT molecular complexity index is 1050. The van der Waals surface area contributed by atoms with Gasteiger partial charge in [-0.05, 0) is 12.1 Å². The zero-order chi connectivity index (χ0) is 20.3. The van der Waals surface area contributed by atoms with E-state index in [1.54, 1.807) is 24.3 Å².